The van der Waals surface area contributed by atoms with E-state index in [1.807, 2.05) is 0 Å². The summed E-state index contributed by atoms with van der Waals surface area (Å²) in [5, 5.41) is 9.72. The molecule has 188 valence electrons. The topological polar surface area (TPSA) is 41.9 Å². The van der Waals surface area contributed by atoms with Gasteiger partial charge in [0.1, 0.15) is 23.9 Å². The molecule has 1 unspecified atom stereocenters. The Balaban J connectivity index is 1.46. The molecule has 2 aliphatic rings. The van der Waals surface area contributed by atoms with E-state index in [-0.39, 0.29) is 22.6 Å². The number of para-hydroxylation sites is 1. The standard InChI is InChI=1S/C29H28F3NO3/c30-29(31,32)27-24-6-2-3-7-25(24)36-28(26(27)20-8-12-22(34)13-9-20)21-10-14-23(15-11-21)35-19-18-33-16-4-1-5-17-33/h2-3,6-15,28,34H,1,4-5,16-19H2. The summed E-state index contributed by atoms with van der Waals surface area (Å²) in [5.41, 5.74) is 0.197. The molecule has 36 heavy (non-hydrogen) atoms. The Kier molecular flexibility index (Phi) is 6.92. The van der Waals surface area contributed by atoms with Crippen LogP contribution in [0.1, 0.15) is 42.1 Å². The predicted octanol–water partition coefficient (Wildman–Crippen LogP) is 6.86. The van der Waals surface area contributed by atoms with Crippen LogP contribution in [0, 0.1) is 0 Å². The highest BCUT2D eigenvalue weighted by molar-refractivity contribution is 5.98. The van der Waals surface area contributed by atoms with Crippen molar-refractivity contribution in [3.8, 4) is 17.2 Å². The average molecular weight is 496 g/mol. The van der Waals surface area contributed by atoms with Gasteiger partial charge in [0.05, 0.1) is 5.57 Å². The third-order valence-corrected chi connectivity index (χ3v) is 6.70. The fourth-order valence-electron chi connectivity index (χ4n) is 4.93. The summed E-state index contributed by atoms with van der Waals surface area (Å²) in [6.07, 6.45) is -1.87. The maximum absolute atomic E-state index is 14.5. The molecule has 0 saturated carbocycles. The first kappa shape index (κ1) is 24.3. The number of benzene rings is 3. The summed E-state index contributed by atoms with van der Waals surface area (Å²) < 4.78 is 55.6. The van der Waals surface area contributed by atoms with Crippen molar-refractivity contribution in [1.82, 2.24) is 4.90 Å². The van der Waals surface area contributed by atoms with Crippen LogP contribution in [-0.4, -0.2) is 42.4 Å². The van der Waals surface area contributed by atoms with Crippen molar-refractivity contribution in [2.45, 2.75) is 31.5 Å². The van der Waals surface area contributed by atoms with E-state index in [1.54, 1.807) is 42.5 Å². The van der Waals surface area contributed by atoms with Crippen LogP contribution < -0.4 is 9.47 Å². The lowest BCUT2D eigenvalue weighted by molar-refractivity contribution is -0.0695. The summed E-state index contributed by atoms with van der Waals surface area (Å²) in [4.78, 5) is 2.39. The maximum atomic E-state index is 14.5. The molecule has 1 saturated heterocycles. The second-order valence-corrected chi connectivity index (χ2v) is 9.15. The molecule has 3 aromatic carbocycles. The molecule has 4 nitrogen and oxygen atoms in total. The van der Waals surface area contributed by atoms with Crippen LogP contribution in [-0.2, 0) is 0 Å². The number of piperidine rings is 1. The number of hydrogen-bond acceptors (Lipinski definition) is 4. The Morgan fingerprint density at radius 2 is 1.58 bits per heavy atom. The Hall–Kier alpha value is -3.45. The van der Waals surface area contributed by atoms with E-state index in [0.717, 1.165) is 19.6 Å². The van der Waals surface area contributed by atoms with Gasteiger partial charge in [-0.15, -0.1) is 0 Å². The van der Waals surface area contributed by atoms with Crippen LogP contribution in [0.25, 0.3) is 11.1 Å². The molecule has 0 bridgehead atoms. The largest absolute Gasteiger partial charge is 0.508 e. The first-order chi connectivity index (χ1) is 17.4. The molecule has 0 spiro atoms. The van der Waals surface area contributed by atoms with Gasteiger partial charge in [0.25, 0.3) is 0 Å². The molecule has 1 N–H and O–H groups in total. The Morgan fingerprint density at radius 1 is 0.889 bits per heavy atom. The maximum Gasteiger partial charge on any atom is 0.417 e. The van der Waals surface area contributed by atoms with Crippen LogP contribution in [0.2, 0.25) is 0 Å². The molecule has 1 atom stereocenters. The molecule has 1 fully saturated rings. The smallest absolute Gasteiger partial charge is 0.417 e. The minimum absolute atomic E-state index is 0.00184. The SMILES string of the molecule is Oc1ccc(C2=C(C(F)(F)F)c3ccccc3OC2c2ccc(OCCN3CCCCC3)cc2)cc1. The highest BCUT2D eigenvalue weighted by Crippen LogP contribution is 2.52. The lowest BCUT2D eigenvalue weighted by Gasteiger charge is -2.33. The lowest BCUT2D eigenvalue weighted by atomic mass is 9.85. The van der Waals surface area contributed by atoms with E-state index in [9.17, 15) is 18.3 Å². The molecular weight excluding hydrogens is 467 g/mol. The van der Waals surface area contributed by atoms with Gasteiger partial charge in [-0.05, 0) is 67.4 Å². The van der Waals surface area contributed by atoms with E-state index in [0.29, 0.717) is 23.5 Å². The van der Waals surface area contributed by atoms with Crippen molar-refractivity contribution in [3.05, 3.63) is 89.5 Å². The monoisotopic (exact) mass is 495 g/mol. The van der Waals surface area contributed by atoms with Crippen molar-refractivity contribution >= 4 is 11.1 Å². The van der Waals surface area contributed by atoms with Gasteiger partial charge >= 0.3 is 6.18 Å². The van der Waals surface area contributed by atoms with Gasteiger partial charge in [0.2, 0.25) is 0 Å². The van der Waals surface area contributed by atoms with Crippen molar-refractivity contribution in [3.63, 3.8) is 0 Å². The van der Waals surface area contributed by atoms with Crippen molar-refractivity contribution in [2.24, 2.45) is 0 Å². The normalized spacial score (nSPS) is 18.5. The molecule has 3 aromatic rings. The number of aromatic hydroxyl groups is 1. The number of nitrogens with zero attached hydrogens (tertiary/aromatic N) is 1. The molecule has 2 heterocycles. The number of likely N-dealkylation sites (tertiary alicyclic amines) is 1. The van der Waals surface area contributed by atoms with Crippen LogP contribution in [0.3, 0.4) is 0 Å². The molecule has 2 aliphatic heterocycles. The van der Waals surface area contributed by atoms with E-state index in [1.165, 1.54) is 49.6 Å². The third kappa shape index (κ3) is 5.21. The van der Waals surface area contributed by atoms with Crippen molar-refractivity contribution < 1.29 is 27.8 Å². The van der Waals surface area contributed by atoms with E-state index < -0.39 is 17.9 Å². The molecular formula is C29H28F3NO3. The van der Waals surface area contributed by atoms with Gasteiger partial charge < -0.3 is 14.6 Å². The molecule has 7 heteroatoms. The summed E-state index contributed by atoms with van der Waals surface area (Å²) in [5.74, 6) is 0.824. The number of phenolic OH excluding ortho intramolecular Hbond substituents is 1. The van der Waals surface area contributed by atoms with Crippen molar-refractivity contribution in [2.75, 3.05) is 26.2 Å². The van der Waals surface area contributed by atoms with Gasteiger partial charge in [-0.25, -0.2) is 0 Å². The van der Waals surface area contributed by atoms with Gasteiger partial charge in [0.15, 0.2) is 6.10 Å². The summed E-state index contributed by atoms with van der Waals surface area (Å²) in [7, 11) is 0. The summed E-state index contributed by atoms with van der Waals surface area (Å²) in [6, 6.07) is 19.0. The number of alkyl halides is 3. The first-order valence-corrected chi connectivity index (χ1v) is 12.2. The summed E-state index contributed by atoms with van der Waals surface area (Å²) >= 11 is 0. The fraction of sp³-hybridized carbons (Fsp3) is 0.310. The second-order valence-electron chi connectivity index (χ2n) is 9.15. The molecule has 0 aliphatic carbocycles. The number of hydrogen-bond donors (Lipinski definition) is 1. The molecule has 0 aromatic heterocycles. The highest BCUT2D eigenvalue weighted by atomic mass is 19.4. The number of fused-ring (bicyclic) bond motifs is 1. The van der Waals surface area contributed by atoms with Gasteiger partial charge in [0, 0.05) is 17.7 Å². The van der Waals surface area contributed by atoms with E-state index in [2.05, 4.69) is 4.90 Å². The van der Waals surface area contributed by atoms with Gasteiger partial charge in [-0.1, -0.05) is 48.9 Å². The number of ether oxygens (including phenoxy) is 2. The van der Waals surface area contributed by atoms with Gasteiger partial charge in [-0.2, -0.15) is 13.2 Å². The number of halogens is 3. The molecule has 0 amide bonds. The zero-order chi connectivity index (χ0) is 25.1. The summed E-state index contributed by atoms with van der Waals surface area (Å²) in [6.45, 7) is 3.60. The zero-order valence-corrected chi connectivity index (χ0v) is 19.8. The Morgan fingerprint density at radius 3 is 2.28 bits per heavy atom. The molecule has 0 radical (unpaired) electrons. The number of phenols is 1. The fourth-order valence-corrected chi connectivity index (χ4v) is 4.93. The Labute approximate surface area is 208 Å². The second kappa shape index (κ2) is 10.3. The van der Waals surface area contributed by atoms with E-state index in [4.69, 9.17) is 9.47 Å². The number of allylic oxidation sites excluding steroid dienone is 1. The van der Waals surface area contributed by atoms with Crippen LogP contribution in [0.4, 0.5) is 13.2 Å². The molecule has 5 rings (SSSR count). The third-order valence-electron chi connectivity index (χ3n) is 6.70. The minimum Gasteiger partial charge on any atom is -0.508 e. The number of rotatable bonds is 6. The quantitative estimate of drug-likeness (QED) is 0.406. The first-order valence-electron chi connectivity index (χ1n) is 12.2. The van der Waals surface area contributed by atoms with Gasteiger partial charge in [-0.3, -0.25) is 4.90 Å². The zero-order valence-electron chi connectivity index (χ0n) is 19.8. The Bertz CT molecular complexity index is 1210. The van der Waals surface area contributed by atoms with Crippen LogP contribution in [0.5, 0.6) is 17.2 Å². The van der Waals surface area contributed by atoms with E-state index >= 15 is 0 Å². The highest BCUT2D eigenvalue weighted by Gasteiger charge is 2.44. The predicted molar refractivity (Wildman–Crippen MR) is 133 cm³/mol. The van der Waals surface area contributed by atoms with Crippen molar-refractivity contribution in [1.29, 1.82) is 0 Å². The average Bonchev–Trinajstić information content (AvgIpc) is 2.88. The van der Waals surface area contributed by atoms with Crippen LogP contribution >= 0.6 is 0 Å². The lowest BCUT2D eigenvalue weighted by Crippen LogP contribution is -2.33. The minimum atomic E-state index is -4.61. The van der Waals surface area contributed by atoms with Crippen LogP contribution in [0.15, 0.2) is 72.8 Å².